The topological polar surface area (TPSA) is 106 Å². The van der Waals surface area contributed by atoms with E-state index in [4.69, 9.17) is 9.15 Å². The highest BCUT2D eigenvalue weighted by Gasteiger charge is 2.18. The fourth-order valence-corrected chi connectivity index (χ4v) is 3.36. The molecule has 0 aliphatic rings. The van der Waals surface area contributed by atoms with E-state index in [1.54, 1.807) is 25.3 Å². The minimum Gasteiger partial charge on any atom is -0.450 e. The highest BCUT2D eigenvalue weighted by molar-refractivity contribution is 7.99. The summed E-state index contributed by atoms with van der Waals surface area (Å²) < 4.78 is 10.6. The summed E-state index contributed by atoms with van der Waals surface area (Å²) >= 11 is 1.38. The number of nitrogens with one attached hydrogen (secondary N) is 2. The maximum Gasteiger partial charge on any atom is 0.407 e. The SMILES string of the molecule is CCOC(=O)N[C@H](CC(=O)N/N=C\c1ccc(Sc2ccccn2)o1)c1ccccc1. The van der Waals surface area contributed by atoms with Crippen LogP contribution in [0.2, 0.25) is 0 Å². The molecular formula is C22H22N4O4S. The summed E-state index contributed by atoms with van der Waals surface area (Å²) in [4.78, 5) is 28.4. The van der Waals surface area contributed by atoms with Crippen LogP contribution in [0.3, 0.4) is 0 Å². The van der Waals surface area contributed by atoms with Gasteiger partial charge in [0.05, 0.1) is 25.3 Å². The van der Waals surface area contributed by atoms with Crippen LogP contribution in [0, 0.1) is 0 Å². The van der Waals surface area contributed by atoms with Crippen molar-refractivity contribution in [3.8, 4) is 0 Å². The number of hydrazone groups is 1. The molecule has 3 aromatic rings. The summed E-state index contributed by atoms with van der Waals surface area (Å²) in [5.74, 6) is 0.125. The Balaban J connectivity index is 1.55. The number of aromatic nitrogens is 1. The molecule has 2 aromatic heterocycles. The third-order valence-electron chi connectivity index (χ3n) is 3.99. The van der Waals surface area contributed by atoms with Gasteiger partial charge in [0, 0.05) is 6.20 Å². The van der Waals surface area contributed by atoms with Crippen LogP contribution in [-0.2, 0) is 9.53 Å². The van der Waals surface area contributed by atoms with Crippen LogP contribution in [0.1, 0.15) is 30.7 Å². The van der Waals surface area contributed by atoms with Gasteiger partial charge >= 0.3 is 6.09 Å². The molecule has 1 atom stereocenters. The van der Waals surface area contributed by atoms with E-state index in [1.165, 1.54) is 18.0 Å². The Morgan fingerprint density at radius 1 is 1.16 bits per heavy atom. The lowest BCUT2D eigenvalue weighted by Gasteiger charge is -2.17. The number of amides is 2. The number of hydrogen-bond donors (Lipinski definition) is 2. The molecule has 2 heterocycles. The smallest absolute Gasteiger partial charge is 0.407 e. The first kappa shape index (κ1) is 22.1. The zero-order valence-electron chi connectivity index (χ0n) is 16.9. The average molecular weight is 439 g/mol. The monoisotopic (exact) mass is 438 g/mol. The van der Waals surface area contributed by atoms with Gasteiger partial charge in [0.15, 0.2) is 5.09 Å². The Morgan fingerprint density at radius 3 is 2.71 bits per heavy atom. The quantitative estimate of drug-likeness (QED) is 0.384. The molecule has 0 bridgehead atoms. The van der Waals surface area contributed by atoms with Crippen molar-refractivity contribution in [3.05, 3.63) is 78.2 Å². The fraction of sp³-hybridized carbons (Fsp3) is 0.182. The number of alkyl carbamates (subject to hydrolysis) is 1. The van der Waals surface area contributed by atoms with Gasteiger partial charge in [0.25, 0.3) is 0 Å². The van der Waals surface area contributed by atoms with Crippen LogP contribution in [0.5, 0.6) is 0 Å². The first-order valence-electron chi connectivity index (χ1n) is 9.63. The number of nitrogens with zero attached hydrogens (tertiary/aromatic N) is 2. The van der Waals surface area contributed by atoms with Crippen LogP contribution in [0.4, 0.5) is 4.79 Å². The van der Waals surface area contributed by atoms with Crippen molar-refractivity contribution in [2.24, 2.45) is 5.10 Å². The molecule has 3 rings (SSSR count). The van der Waals surface area contributed by atoms with Crippen molar-refractivity contribution in [2.75, 3.05) is 6.61 Å². The van der Waals surface area contributed by atoms with Crippen molar-refractivity contribution in [3.63, 3.8) is 0 Å². The number of ether oxygens (including phenoxy) is 1. The summed E-state index contributed by atoms with van der Waals surface area (Å²) in [5, 5.41) is 8.11. The maximum absolute atomic E-state index is 12.3. The summed E-state index contributed by atoms with van der Waals surface area (Å²) in [7, 11) is 0. The maximum atomic E-state index is 12.3. The first-order chi connectivity index (χ1) is 15.1. The molecule has 1 aromatic carbocycles. The Bertz CT molecular complexity index is 1010. The summed E-state index contributed by atoms with van der Waals surface area (Å²) in [6, 6.07) is 17.8. The minimum absolute atomic E-state index is 0.000892. The molecule has 0 fully saturated rings. The van der Waals surface area contributed by atoms with Gasteiger partial charge in [-0.25, -0.2) is 15.2 Å². The second-order valence-electron chi connectivity index (χ2n) is 6.25. The summed E-state index contributed by atoms with van der Waals surface area (Å²) in [5.41, 5.74) is 3.24. The predicted molar refractivity (Wildman–Crippen MR) is 117 cm³/mol. The molecule has 0 aliphatic heterocycles. The molecule has 0 spiro atoms. The third-order valence-corrected chi connectivity index (χ3v) is 4.86. The van der Waals surface area contributed by atoms with Crippen LogP contribution in [-0.4, -0.2) is 29.8 Å². The van der Waals surface area contributed by atoms with E-state index in [-0.39, 0.29) is 18.9 Å². The van der Waals surface area contributed by atoms with E-state index >= 15 is 0 Å². The van der Waals surface area contributed by atoms with Gasteiger partial charge in [0.2, 0.25) is 5.91 Å². The number of carbonyl (C=O) groups is 2. The third kappa shape index (κ3) is 7.31. The Labute approximate surface area is 184 Å². The van der Waals surface area contributed by atoms with Crippen LogP contribution in [0.15, 0.2) is 86.5 Å². The second-order valence-corrected chi connectivity index (χ2v) is 7.28. The zero-order valence-corrected chi connectivity index (χ0v) is 17.7. The van der Waals surface area contributed by atoms with Gasteiger partial charge in [-0.05, 0) is 48.5 Å². The summed E-state index contributed by atoms with van der Waals surface area (Å²) in [6.07, 6.45) is 2.54. The molecule has 0 saturated carbocycles. The number of rotatable bonds is 9. The number of furan rings is 1. The Kier molecular flexibility index (Phi) is 8.24. The van der Waals surface area contributed by atoms with Crippen molar-refractivity contribution >= 4 is 30.0 Å². The first-order valence-corrected chi connectivity index (χ1v) is 10.4. The lowest BCUT2D eigenvalue weighted by molar-refractivity contribution is -0.121. The van der Waals surface area contributed by atoms with Crippen molar-refractivity contribution in [2.45, 2.75) is 29.5 Å². The van der Waals surface area contributed by atoms with Gasteiger partial charge in [0.1, 0.15) is 10.8 Å². The van der Waals surface area contributed by atoms with E-state index in [1.807, 2.05) is 48.5 Å². The van der Waals surface area contributed by atoms with Crippen molar-refractivity contribution in [1.82, 2.24) is 15.7 Å². The Morgan fingerprint density at radius 2 is 1.97 bits per heavy atom. The van der Waals surface area contributed by atoms with E-state index in [0.29, 0.717) is 10.9 Å². The van der Waals surface area contributed by atoms with Gasteiger partial charge in [-0.15, -0.1) is 0 Å². The average Bonchev–Trinajstić information content (AvgIpc) is 3.22. The molecule has 0 unspecified atom stereocenters. The molecule has 2 N–H and O–H groups in total. The van der Waals surface area contributed by atoms with E-state index in [9.17, 15) is 9.59 Å². The molecule has 31 heavy (non-hydrogen) atoms. The van der Waals surface area contributed by atoms with Crippen molar-refractivity contribution < 1.29 is 18.7 Å². The zero-order chi connectivity index (χ0) is 21.9. The predicted octanol–water partition coefficient (Wildman–Crippen LogP) is 4.15. The van der Waals surface area contributed by atoms with Gasteiger partial charge in [-0.3, -0.25) is 4.79 Å². The molecule has 8 nitrogen and oxygen atoms in total. The number of pyridine rings is 1. The molecule has 2 amide bonds. The highest BCUT2D eigenvalue weighted by Crippen LogP contribution is 2.26. The lowest BCUT2D eigenvalue weighted by atomic mass is 10.0. The molecule has 0 aliphatic carbocycles. The second kappa shape index (κ2) is 11.6. The minimum atomic E-state index is -0.582. The van der Waals surface area contributed by atoms with Crippen molar-refractivity contribution in [1.29, 1.82) is 0 Å². The molecular weight excluding hydrogens is 416 g/mol. The van der Waals surface area contributed by atoms with E-state index < -0.39 is 12.1 Å². The molecule has 160 valence electrons. The van der Waals surface area contributed by atoms with Crippen LogP contribution >= 0.6 is 11.8 Å². The van der Waals surface area contributed by atoms with Gasteiger partial charge in [-0.2, -0.15) is 5.10 Å². The number of benzene rings is 1. The van der Waals surface area contributed by atoms with Crippen LogP contribution in [0.25, 0.3) is 0 Å². The van der Waals surface area contributed by atoms with Gasteiger partial charge in [-0.1, -0.05) is 36.4 Å². The summed E-state index contributed by atoms with van der Waals surface area (Å²) in [6.45, 7) is 1.96. The number of hydrogen-bond acceptors (Lipinski definition) is 7. The van der Waals surface area contributed by atoms with E-state index in [0.717, 1.165) is 10.6 Å². The molecule has 0 radical (unpaired) electrons. The standard InChI is InChI=1S/C22H22N4O4S/c1-2-29-22(28)25-18(16-8-4-3-5-9-16)14-19(27)26-24-15-17-11-12-21(30-17)31-20-10-6-7-13-23-20/h3-13,15,18H,2,14H2,1H3,(H,25,28)(H,26,27)/b24-15-/t18-/m1/s1. The van der Waals surface area contributed by atoms with E-state index in [2.05, 4.69) is 20.8 Å². The molecule has 0 saturated heterocycles. The lowest BCUT2D eigenvalue weighted by Crippen LogP contribution is -2.33. The van der Waals surface area contributed by atoms with Crippen LogP contribution < -0.4 is 10.7 Å². The van der Waals surface area contributed by atoms with Gasteiger partial charge < -0.3 is 14.5 Å². The largest absolute Gasteiger partial charge is 0.450 e. The highest BCUT2D eigenvalue weighted by atomic mass is 32.2. The Hall–Kier alpha value is -3.59. The normalized spacial score (nSPS) is 11.8. The number of carbonyl (C=O) groups excluding carboxylic acids is 2. The molecule has 9 heteroatoms. The fourth-order valence-electron chi connectivity index (χ4n) is 2.62.